The Labute approximate surface area is 149 Å². The molecule has 0 spiro atoms. The third-order valence-electron chi connectivity index (χ3n) is 4.54. The van der Waals surface area contributed by atoms with Crippen molar-refractivity contribution in [1.29, 1.82) is 0 Å². The second-order valence-corrected chi connectivity index (χ2v) is 7.47. The van der Waals surface area contributed by atoms with Gasteiger partial charge in [-0.2, -0.15) is 3.64 Å². The lowest BCUT2D eigenvalue weighted by atomic mass is 9.85. The largest absolute Gasteiger partial charge is 0.345 e. The lowest BCUT2D eigenvalue weighted by molar-refractivity contribution is 0.0573. The summed E-state index contributed by atoms with van der Waals surface area (Å²) in [5.41, 5.74) is 0. The summed E-state index contributed by atoms with van der Waals surface area (Å²) in [5.74, 6) is 0.805. The molecule has 20 heavy (non-hydrogen) atoms. The fourth-order valence-corrected chi connectivity index (χ4v) is 4.20. The highest BCUT2D eigenvalue weighted by atomic mass is 127. The van der Waals surface area contributed by atoms with Gasteiger partial charge in [-0.05, 0) is 38.5 Å². The summed E-state index contributed by atoms with van der Waals surface area (Å²) >= 11 is 4.05. The molecule has 0 radical (unpaired) electrons. The summed E-state index contributed by atoms with van der Waals surface area (Å²) in [5, 5.41) is 5.33. The Morgan fingerprint density at radius 1 is 1.25 bits per heavy atom. The number of carbonyl (C=O) groups is 1. The highest BCUT2D eigenvalue weighted by Gasteiger charge is 2.28. The van der Waals surface area contributed by atoms with Gasteiger partial charge in [-0.15, -0.1) is 0 Å². The highest BCUT2D eigenvalue weighted by molar-refractivity contribution is 14.1. The number of amides is 1. The summed E-state index contributed by atoms with van der Waals surface area (Å²) in [7, 11) is 0. The molecule has 2 aliphatic rings. The molecule has 2 N–H and O–H groups in total. The molecule has 1 aliphatic heterocycles. The molecule has 1 saturated carbocycles. The van der Waals surface area contributed by atoms with Crippen LogP contribution in [0.25, 0.3) is 0 Å². The summed E-state index contributed by atoms with van der Waals surface area (Å²) < 4.78 is 3.30. The summed E-state index contributed by atoms with van der Waals surface area (Å²) in [6.07, 6.45) is 4.78. The molecule has 7 heteroatoms. The Hall–Kier alpha value is 0.810. The van der Waals surface area contributed by atoms with E-state index in [9.17, 15) is 4.79 Å². The Kier molecular flexibility index (Phi) is 7.25. The number of halogens is 2. The van der Waals surface area contributed by atoms with Gasteiger partial charge in [-0.1, -0.05) is 0 Å². The smallest absolute Gasteiger partial charge is 0.280 e. The van der Waals surface area contributed by atoms with Crippen molar-refractivity contribution >= 4 is 49.4 Å². The van der Waals surface area contributed by atoms with Crippen molar-refractivity contribution in [1.82, 2.24) is 18.9 Å². The predicted octanol–water partition coefficient (Wildman–Crippen LogP) is 2.55. The first-order valence-electron chi connectivity index (χ1n) is 7.39. The summed E-state index contributed by atoms with van der Waals surface area (Å²) in [4.78, 5) is 13.7. The maximum absolute atomic E-state index is 11.1. The number of carbonyl (C=O) groups excluding carboxylic acids is 1. The second-order valence-electron chi connectivity index (χ2n) is 6.01. The van der Waals surface area contributed by atoms with E-state index in [0.717, 1.165) is 38.4 Å². The van der Waals surface area contributed by atoms with Crippen molar-refractivity contribution in [2.45, 2.75) is 44.7 Å². The van der Waals surface area contributed by atoms with Crippen molar-refractivity contribution < 1.29 is 4.79 Å². The molecule has 1 amide bonds. The van der Waals surface area contributed by atoms with Gasteiger partial charge in [0.25, 0.3) is 3.91 Å². The van der Waals surface area contributed by atoms with Crippen LogP contribution in [0.3, 0.4) is 0 Å². The Balaban J connectivity index is 1.71. The van der Waals surface area contributed by atoms with E-state index in [1.165, 1.54) is 19.4 Å². The van der Waals surface area contributed by atoms with Crippen LogP contribution >= 0.6 is 45.5 Å². The number of rotatable bonds is 4. The van der Waals surface area contributed by atoms with Crippen LogP contribution < -0.4 is 8.96 Å². The van der Waals surface area contributed by atoms with Gasteiger partial charge in [0, 0.05) is 83.7 Å². The average molecular weight is 506 g/mol. The van der Waals surface area contributed by atoms with Crippen LogP contribution in [-0.4, -0.2) is 52.1 Å². The lowest BCUT2D eigenvalue weighted by Crippen LogP contribution is -2.55. The first kappa shape index (κ1) is 17.2. The fraction of sp³-hybridized carbons (Fsp3) is 0.923. The number of piperazine rings is 1. The normalized spacial score (nSPS) is 33.0. The van der Waals surface area contributed by atoms with E-state index in [2.05, 4.69) is 48.7 Å². The third-order valence-corrected chi connectivity index (χ3v) is 5.54. The monoisotopic (exact) mass is 506 g/mol. The molecule has 0 unspecified atom stereocenters. The Bertz CT molecular complexity index is 323. The predicted molar refractivity (Wildman–Crippen MR) is 98.1 cm³/mol. The lowest BCUT2D eigenvalue weighted by Gasteiger charge is -2.41. The number of hydrazine groups is 1. The van der Waals surface area contributed by atoms with Crippen LogP contribution in [0.4, 0.5) is 4.79 Å². The van der Waals surface area contributed by atoms with E-state index < -0.39 is 0 Å². The molecule has 1 saturated heterocycles. The van der Waals surface area contributed by atoms with E-state index in [1.807, 2.05) is 22.6 Å². The van der Waals surface area contributed by atoms with Crippen LogP contribution in [-0.2, 0) is 0 Å². The maximum atomic E-state index is 11.1. The molecule has 1 atom stereocenters. The second kappa shape index (κ2) is 8.44. The van der Waals surface area contributed by atoms with E-state index >= 15 is 0 Å². The molecule has 2 rings (SSSR count). The van der Waals surface area contributed by atoms with Gasteiger partial charge in [0.15, 0.2) is 0 Å². The van der Waals surface area contributed by atoms with Crippen LogP contribution in [0.15, 0.2) is 0 Å². The average Bonchev–Trinajstić information content (AvgIpc) is 2.42. The van der Waals surface area contributed by atoms with Crippen LogP contribution in [0.5, 0.6) is 0 Å². The summed E-state index contributed by atoms with van der Waals surface area (Å²) in [6.45, 7) is 6.90. The van der Waals surface area contributed by atoms with Crippen LogP contribution in [0, 0.1) is 5.92 Å². The zero-order valence-electron chi connectivity index (χ0n) is 11.9. The van der Waals surface area contributed by atoms with Gasteiger partial charge < -0.3 is 5.32 Å². The zero-order valence-corrected chi connectivity index (χ0v) is 16.3. The summed E-state index contributed by atoms with van der Waals surface area (Å²) in [6, 6.07) is 1.03. The first-order valence-corrected chi connectivity index (χ1v) is 9.55. The highest BCUT2D eigenvalue weighted by Crippen LogP contribution is 2.26. The molecule has 0 aromatic heterocycles. The minimum absolute atomic E-state index is 0.0853. The molecule has 0 aromatic rings. The molecule has 1 heterocycles. The van der Waals surface area contributed by atoms with Gasteiger partial charge in [0.2, 0.25) is 0 Å². The van der Waals surface area contributed by atoms with Gasteiger partial charge in [-0.3, -0.25) is 9.69 Å². The van der Waals surface area contributed by atoms with Crippen molar-refractivity contribution in [3.05, 3.63) is 0 Å². The van der Waals surface area contributed by atoms with E-state index in [-0.39, 0.29) is 3.91 Å². The third kappa shape index (κ3) is 5.22. The Morgan fingerprint density at radius 2 is 1.95 bits per heavy atom. The van der Waals surface area contributed by atoms with Crippen LogP contribution in [0.1, 0.15) is 32.6 Å². The van der Waals surface area contributed by atoms with Gasteiger partial charge in [0.1, 0.15) is 0 Å². The number of hydrogen-bond acceptors (Lipinski definition) is 4. The molecule has 116 valence electrons. The van der Waals surface area contributed by atoms with E-state index in [0.29, 0.717) is 12.1 Å². The van der Waals surface area contributed by atoms with Crippen molar-refractivity contribution in [3.63, 3.8) is 0 Å². The molecular formula is C13H24I2N4O. The number of hydrogen-bond donors (Lipinski definition) is 2. The van der Waals surface area contributed by atoms with Crippen molar-refractivity contribution in [2.75, 3.05) is 26.2 Å². The SMILES string of the molecule is C[C@@H]1CN(NI)CCN1CC1CCC(NC(=O)I)CC1. The van der Waals surface area contributed by atoms with Crippen molar-refractivity contribution in [2.24, 2.45) is 5.92 Å². The standard InChI is InChI=1S/C13H24I2N4O/c1-10-8-19(17-15)7-6-18(10)9-11-2-4-12(5-3-11)16-13(14)20/h10-12,17H,2-9H2,1H3,(H,16,20)/t10-,11?,12?/m1/s1. The van der Waals surface area contributed by atoms with Gasteiger partial charge >= 0.3 is 0 Å². The first-order chi connectivity index (χ1) is 9.58. The van der Waals surface area contributed by atoms with Gasteiger partial charge in [-0.25, -0.2) is 5.01 Å². The Morgan fingerprint density at radius 3 is 2.50 bits per heavy atom. The molecular weight excluding hydrogens is 482 g/mol. The number of nitrogens with one attached hydrogen (secondary N) is 2. The van der Waals surface area contributed by atoms with Gasteiger partial charge in [0.05, 0.1) is 0 Å². The molecule has 5 nitrogen and oxygen atoms in total. The van der Waals surface area contributed by atoms with Crippen molar-refractivity contribution in [3.8, 4) is 0 Å². The minimum Gasteiger partial charge on any atom is -0.345 e. The van der Waals surface area contributed by atoms with Crippen LogP contribution in [0.2, 0.25) is 0 Å². The van der Waals surface area contributed by atoms with E-state index in [1.54, 1.807) is 0 Å². The zero-order chi connectivity index (χ0) is 14.5. The molecule has 2 fully saturated rings. The molecule has 0 bridgehead atoms. The quantitative estimate of drug-likeness (QED) is 0.267. The van der Waals surface area contributed by atoms with E-state index in [4.69, 9.17) is 0 Å². The molecule has 0 aromatic carbocycles. The number of nitrogens with zero attached hydrogens (tertiary/aromatic N) is 2. The maximum Gasteiger partial charge on any atom is 0.280 e. The topological polar surface area (TPSA) is 47.6 Å². The fourth-order valence-electron chi connectivity index (χ4n) is 3.32. The minimum atomic E-state index is 0.0853. The molecule has 1 aliphatic carbocycles.